The molecule has 1 aliphatic heterocycles. The van der Waals surface area contributed by atoms with Crippen LogP contribution in [0.25, 0.3) is 5.57 Å². The molecule has 0 atom stereocenters. The van der Waals surface area contributed by atoms with E-state index in [1.807, 2.05) is 0 Å². The third-order valence-corrected chi connectivity index (χ3v) is 5.58. The Bertz CT molecular complexity index is 1410. The van der Waals surface area contributed by atoms with Crippen molar-refractivity contribution in [2.45, 2.75) is 12.4 Å². The molecule has 3 amide bonds. The van der Waals surface area contributed by atoms with Gasteiger partial charge in [-0.25, -0.2) is 0 Å². The van der Waals surface area contributed by atoms with E-state index in [0.717, 1.165) is 30.3 Å². The first-order valence-corrected chi connectivity index (χ1v) is 10.9. The minimum absolute atomic E-state index is 0.00462. The topological polar surface area (TPSA) is 75.3 Å². The molecule has 194 valence electrons. The highest BCUT2D eigenvalue weighted by atomic mass is 19.4. The lowest BCUT2D eigenvalue weighted by Crippen LogP contribution is -2.20. The van der Waals surface area contributed by atoms with Crippen LogP contribution in [-0.4, -0.2) is 17.7 Å². The predicted octanol–water partition coefficient (Wildman–Crippen LogP) is 6.23. The van der Waals surface area contributed by atoms with Crippen LogP contribution in [0.5, 0.6) is 0 Å². The number of alkyl halides is 6. The summed E-state index contributed by atoms with van der Waals surface area (Å²) < 4.78 is 77.9. The molecule has 0 radical (unpaired) electrons. The second-order valence-electron chi connectivity index (χ2n) is 8.09. The van der Waals surface area contributed by atoms with Crippen molar-refractivity contribution in [3.05, 3.63) is 118 Å². The van der Waals surface area contributed by atoms with Gasteiger partial charge in [0.25, 0.3) is 11.8 Å². The van der Waals surface area contributed by atoms with E-state index in [0.29, 0.717) is 0 Å². The fraction of sp³-hybridized carbons (Fsp3) is 0.0741. The summed E-state index contributed by atoms with van der Waals surface area (Å²) in [6, 6.07) is 12.4. The molecule has 3 aromatic carbocycles. The fourth-order valence-corrected chi connectivity index (χ4v) is 3.77. The number of anilines is 1. The van der Waals surface area contributed by atoms with Gasteiger partial charge in [0, 0.05) is 6.08 Å². The molecule has 11 heteroatoms. The minimum Gasteiger partial charge on any atom is -0.322 e. The third-order valence-electron chi connectivity index (χ3n) is 5.58. The van der Waals surface area contributed by atoms with Crippen molar-refractivity contribution in [1.29, 1.82) is 0 Å². The van der Waals surface area contributed by atoms with Gasteiger partial charge in [-0.15, -0.1) is 0 Å². The molecule has 0 saturated heterocycles. The molecular weight excluding hydrogens is 514 g/mol. The van der Waals surface area contributed by atoms with Crippen LogP contribution in [-0.2, 0) is 17.1 Å². The van der Waals surface area contributed by atoms with Gasteiger partial charge in [0.1, 0.15) is 0 Å². The summed E-state index contributed by atoms with van der Waals surface area (Å²) >= 11 is 0. The number of rotatable bonds is 5. The van der Waals surface area contributed by atoms with E-state index in [4.69, 9.17) is 0 Å². The molecule has 0 spiro atoms. The maximum atomic E-state index is 13.0. The summed E-state index contributed by atoms with van der Waals surface area (Å²) in [5.41, 5.74) is -0.828. The number of imide groups is 1. The van der Waals surface area contributed by atoms with Gasteiger partial charge in [0.15, 0.2) is 0 Å². The summed E-state index contributed by atoms with van der Waals surface area (Å²) in [4.78, 5) is 36.3. The Hall–Kier alpha value is -4.67. The highest BCUT2D eigenvalue weighted by molar-refractivity contribution is 6.24. The highest BCUT2D eigenvalue weighted by Crippen LogP contribution is 2.33. The lowest BCUT2D eigenvalue weighted by Gasteiger charge is -2.12. The second kappa shape index (κ2) is 10.0. The number of carbonyl (C=O) groups excluding carboxylic acids is 3. The molecule has 1 heterocycles. The maximum absolute atomic E-state index is 13.0. The van der Waals surface area contributed by atoms with E-state index in [2.05, 4.69) is 10.6 Å². The van der Waals surface area contributed by atoms with Gasteiger partial charge in [0.2, 0.25) is 5.91 Å². The van der Waals surface area contributed by atoms with Crippen LogP contribution >= 0.6 is 0 Å². The van der Waals surface area contributed by atoms with Crippen molar-refractivity contribution in [1.82, 2.24) is 5.32 Å². The summed E-state index contributed by atoms with van der Waals surface area (Å²) in [6.45, 7) is 0. The second-order valence-corrected chi connectivity index (χ2v) is 8.09. The van der Waals surface area contributed by atoms with Gasteiger partial charge in [-0.3, -0.25) is 19.7 Å². The predicted molar refractivity (Wildman–Crippen MR) is 126 cm³/mol. The molecular formula is C27H16F6N2O3. The number of fused-ring (bicyclic) bond motifs is 1. The van der Waals surface area contributed by atoms with Crippen molar-refractivity contribution >= 4 is 29.0 Å². The molecule has 4 rings (SSSR count). The number of nitrogens with one attached hydrogen (secondary N) is 2. The van der Waals surface area contributed by atoms with Gasteiger partial charge in [-0.1, -0.05) is 42.5 Å². The van der Waals surface area contributed by atoms with Gasteiger partial charge in [-0.05, 0) is 53.1 Å². The van der Waals surface area contributed by atoms with Crippen LogP contribution in [0.4, 0.5) is 32.0 Å². The summed E-state index contributed by atoms with van der Waals surface area (Å²) in [7, 11) is 0. The maximum Gasteiger partial charge on any atom is 0.416 e. The minimum atomic E-state index is -4.58. The van der Waals surface area contributed by atoms with Crippen LogP contribution in [0, 0.1) is 0 Å². The van der Waals surface area contributed by atoms with Crippen LogP contribution in [0.2, 0.25) is 0 Å². The number of hydrogen-bond donors (Lipinski definition) is 2. The Labute approximate surface area is 211 Å². The molecule has 0 bridgehead atoms. The van der Waals surface area contributed by atoms with E-state index in [-0.39, 0.29) is 33.5 Å². The number of benzene rings is 3. The lowest BCUT2D eigenvalue weighted by atomic mass is 9.95. The zero-order chi connectivity index (χ0) is 27.7. The zero-order valence-corrected chi connectivity index (χ0v) is 19.1. The lowest BCUT2D eigenvalue weighted by molar-refractivity contribution is -0.138. The van der Waals surface area contributed by atoms with Crippen molar-refractivity contribution < 1.29 is 40.7 Å². The molecule has 0 aliphatic carbocycles. The molecule has 0 fully saturated rings. The first-order valence-electron chi connectivity index (χ1n) is 10.9. The van der Waals surface area contributed by atoms with E-state index in [9.17, 15) is 40.7 Å². The van der Waals surface area contributed by atoms with Crippen molar-refractivity contribution in [2.24, 2.45) is 0 Å². The van der Waals surface area contributed by atoms with Crippen LogP contribution in [0.1, 0.15) is 43.0 Å². The van der Waals surface area contributed by atoms with E-state index in [1.54, 1.807) is 0 Å². The quantitative estimate of drug-likeness (QED) is 0.178. The number of carbonyl (C=O) groups is 3. The fourth-order valence-electron chi connectivity index (χ4n) is 3.77. The van der Waals surface area contributed by atoms with E-state index in [1.165, 1.54) is 54.6 Å². The summed E-state index contributed by atoms with van der Waals surface area (Å²) in [6.07, 6.45) is -5.48. The van der Waals surface area contributed by atoms with Crippen LogP contribution in [0.3, 0.4) is 0 Å². The summed E-state index contributed by atoms with van der Waals surface area (Å²) in [5.74, 6) is -1.96. The summed E-state index contributed by atoms with van der Waals surface area (Å²) in [5, 5.41) is 4.60. The number of amides is 3. The van der Waals surface area contributed by atoms with Gasteiger partial charge >= 0.3 is 12.4 Å². The monoisotopic (exact) mass is 530 g/mol. The van der Waals surface area contributed by atoms with Crippen molar-refractivity contribution in [3.63, 3.8) is 0 Å². The normalized spacial score (nSPS) is 13.3. The Morgan fingerprint density at radius 3 is 1.76 bits per heavy atom. The number of hydrogen-bond acceptors (Lipinski definition) is 3. The Kier molecular flexibility index (Phi) is 6.95. The van der Waals surface area contributed by atoms with Crippen molar-refractivity contribution in [2.75, 3.05) is 5.32 Å². The zero-order valence-electron chi connectivity index (χ0n) is 19.1. The van der Waals surface area contributed by atoms with E-state index >= 15 is 0 Å². The Morgan fingerprint density at radius 1 is 0.737 bits per heavy atom. The molecule has 3 aromatic rings. The molecule has 2 N–H and O–H groups in total. The highest BCUT2D eigenvalue weighted by Gasteiger charge is 2.31. The van der Waals surface area contributed by atoms with Gasteiger partial charge in [-0.2, -0.15) is 26.3 Å². The largest absolute Gasteiger partial charge is 0.416 e. The van der Waals surface area contributed by atoms with Gasteiger partial charge in [0.05, 0.1) is 27.9 Å². The smallest absolute Gasteiger partial charge is 0.322 e. The van der Waals surface area contributed by atoms with Crippen LogP contribution in [0.15, 0.2) is 85.0 Å². The molecule has 0 unspecified atom stereocenters. The standard InChI is InChI=1S/C27H16F6N2O3/c28-26(29,30)17-11-7-15(8-12-17)19(16-9-13-18(14-10-16)27(31,32)33)3-2-6-22(36)34-21-5-1-4-20-23(21)25(38)35-24(20)37/h1-14H,(H,34,36)(H,35,37,38)/b6-2+. The molecule has 1 aliphatic rings. The molecule has 0 saturated carbocycles. The molecule has 5 nitrogen and oxygen atoms in total. The van der Waals surface area contributed by atoms with Gasteiger partial charge < -0.3 is 5.32 Å². The first-order chi connectivity index (χ1) is 17.8. The average Bonchev–Trinajstić information content (AvgIpc) is 3.15. The first kappa shape index (κ1) is 26.4. The van der Waals surface area contributed by atoms with Crippen LogP contribution < -0.4 is 10.6 Å². The SMILES string of the molecule is O=C(/C=C/C=C(c1ccc(C(F)(F)F)cc1)c1ccc(C(F)(F)F)cc1)Nc1cccc2c1C(=O)NC2=O. The van der Waals surface area contributed by atoms with Crippen molar-refractivity contribution in [3.8, 4) is 0 Å². The third kappa shape index (κ3) is 5.66. The molecule has 38 heavy (non-hydrogen) atoms. The number of halogens is 6. The average molecular weight is 530 g/mol. The van der Waals surface area contributed by atoms with E-state index < -0.39 is 41.2 Å². The Balaban J connectivity index is 1.63. The molecule has 0 aromatic heterocycles. The Morgan fingerprint density at radius 2 is 1.26 bits per heavy atom. The number of allylic oxidation sites excluding steroid dienone is 2.